The first-order valence-electron chi connectivity index (χ1n) is 3.95. The molecule has 0 N–H and O–H groups in total. The van der Waals surface area contributed by atoms with Crippen molar-refractivity contribution in [1.29, 1.82) is 0 Å². The van der Waals surface area contributed by atoms with Crippen LogP contribution in [0.25, 0.3) is 0 Å². The van der Waals surface area contributed by atoms with Crippen LogP contribution in [0.1, 0.15) is 12.0 Å². The molecule has 0 unspecified atom stereocenters. The number of para-hydroxylation sites is 1. The molecule has 1 aliphatic heterocycles. The Bertz CT molecular complexity index is 286. The van der Waals surface area contributed by atoms with E-state index in [0.717, 1.165) is 24.3 Å². The average Bonchev–Trinajstić information content (AvgIpc) is 2.84. The number of hydrogen-bond acceptors (Lipinski definition) is 2. The number of benzene rings is 1. The second-order valence-corrected chi connectivity index (χ2v) is 2.98. The van der Waals surface area contributed by atoms with Crippen molar-refractivity contribution < 1.29 is 9.03 Å². The summed E-state index contributed by atoms with van der Waals surface area (Å²) in [6.07, 6.45) is 1.90. The van der Waals surface area contributed by atoms with E-state index in [4.69, 9.17) is 16.6 Å². The van der Waals surface area contributed by atoms with E-state index in [1.807, 2.05) is 12.1 Å². The third kappa shape index (κ3) is 1.54. The van der Waals surface area contributed by atoms with E-state index in [2.05, 4.69) is 10.4 Å². The highest BCUT2D eigenvalue weighted by Gasteiger charge is 2.22. The van der Waals surface area contributed by atoms with Crippen LogP contribution in [0.2, 0.25) is 0 Å². The monoisotopic (exact) mass is 184 g/mol. The van der Waals surface area contributed by atoms with Crippen molar-refractivity contribution in [2.75, 3.05) is 6.61 Å². The number of ether oxygens (including phenoxy) is 1. The molecule has 0 aliphatic carbocycles. The van der Waals surface area contributed by atoms with Gasteiger partial charge in [0.15, 0.2) is 11.5 Å². The maximum atomic E-state index is 5.23. The molecular formula is C9H9ClO2. The summed E-state index contributed by atoms with van der Waals surface area (Å²) in [7, 11) is 0. The summed E-state index contributed by atoms with van der Waals surface area (Å²) in [4.78, 5) is 0. The van der Waals surface area contributed by atoms with Crippen LogP contribution in [0, 0.1) is 0 Å². The number of rotatable bonds is 4. The fourth-order valence-electron chi connectivity index (χ4n) is 1.26. The molecule has 0 radical (unpaired) electrons. The van der Waals surface area contributed by atoms with E-state index < -0.39 is 0 Å². The Balaban J connectivity index is 1.93. The van der Waals surface area contributed by atoms with Crippen molar-refractivity contribution in [3.05, 3.63) is 23.8 Å². The van der Waals surface area contributed by atoms with Crippen molar-refractivity contribution in [2.24, 2.45) is 0 Å². The Kier molecular flexibility index (Phi) is 2.19. The number of hydrogen-bond donors (Lipinski definition) is 0. The third-order valence-corrected chi connectivity index (χ3v) is 2.05. The topological polar surface area (TPSA) is 21.8 Å². The summed E-state index contributed by atoms with van der Waals surface area (Å²) in [5.74, 6) is 2.06. The van der Waals surface area contributed by atoms with Gasteiger partial charge in [-0.25, -0.2) is 0 Å². The lowest BCUT2D eigenvalue weighted by atomic mass is 10.1. The Morgan fingerprint density at radius 1 is 1.42 bits per heavy atom. The Hall–Kier alpha value is -0.730. The van der Waals surface area contributed by atoms with Crippen molar-refractivity contribution in [2.45, 2.75) is 12.8 Å². The lowest BCUT2D eigenvalue weighted by Gasteiger charge is -1.95. The summed E-state index contributed by atoms with van der Waals surface area (Å²) >= 11 is 5.09. The zero-order chi connectivity index (χ0) is 8.39. The second kappa shape index (κ2) is 3.33. The molecule has 0 saturated heterocycles. The molecule has 1 aliphatic rings. The second-order valence-electron chi connectivity index (χ2n) is 2.76. The molecular weight excluding hydrogens is 176 g/mol. The van der Waals surface area contributed by atoms with Gasteiger partial charge in [-0.2, -0.15) is 0 Å². The van der Waals surface area contributed by atoms with Gasteiger partial charge >= 0.3 is 0 Å². The van der Waals surface area contributed by atoms with Crippen LogP contribution < -0.4 is 4.74 Å². The zero-order valence-corrected chi connectivity index (χ0v) is 7.30. The molecule has 64 valence electrons. The summed E-state index contributed by atoms with van der Waals surface area (Å²) < 4.78 is 9.68. The van der Waals surface area contributed by atoms with Gasteiger partial charge in [0.05, 0.1) is 18.5 Å². The standard InChI is InChI=1S/C9H9ClO2/c10-11-6-2-4-7-3-1-5-8-9(7)12-8/h1,3,5H,2,4,6H2. The Morgan fingerprint density at radius 2 is 2.33 bits per heavy atom. The van der Waals surface area contributed by atoms with E-state index in [1.165, 1.54) is 5.56 Å². The Labute approximate surface area is 76.2 Å². The molecule has 1 aromatic rings. The quantitative estimate of drug-likeness (QED) is 0.539. The van der Waals surface area contributed by atoms with Gasteiger partial charge in [0.25, 0.3) is 0 Å². The molecule has 2 nitrogen and oxygen atoms in total. The first-order valence-corrected chi connectivity index (χ1v) is 4.26. The molecule has 1 heterocycles. The van der Waals surface area contributed by atoms with Gasteiger partial charge in [0.2, 0.25) is 0 Å². The van der Waals surface area contributed by atoms with Crippen LogP contribution in [-0.4, -0.2) is 6.61 Å². The van der Waals surface area contributed by atoms with Gasteiger partial charge in [-0.3, -0.25) is 4.29 Å². The fraction of sp³-hybridized carbons (Fsp3) is 0.333. The molecule has 0 amide bonds. The van der Waals surface area contributed by atoms with Crippen LogP contribution in [0.3, 0.4) is 0 Å². The fourth-order valence-corrected chi connectivity index (χ4v) is 1.37. The molecule has 0 saturated carbocycles. The molecule has 12 heavy (non-hydrogen) atoms. The highest BCUT2D eigenvalue weighted by molar-refractivity contribution is 6.07. The van der Waals surface area contributed by atoms with Gasteiger partial charge in [-0.15, -0.1) is 0 Å². The summed E-state index contributed by atoms with van der Waals surface area (Å²) in [6.45, 7) is 0.589. The van der Waals surface area contributed by atoms with Crippen molar-refractivity contribution in [3.8, 4) is 11.5 Å². The third-order valence-electron chi connectivity index (χ3n) is 1.90. The van der Waals surface area contributed by atoms with Crippen molar-refractivity contribution >= 4 is 11.9 Å². The predicted molar refractivity (Wildman–Crippen MR) is 46.6 cm³/mol. The van der Waals surface area contributed by atoms with Crippen LogP contribution in [0.5, 0.6) is 11.5 Å². The molecule has 0 bridgehead atoms. The highest BCUT2D eigenvalue weighted by Crippen LogP contribution is 2.47. The van der Waals surface area contributed by atoms with Crippen LogP contribution in [0.4, 0.5) is 0 Å². The van der Waals surface area contributed by atoms with Crippen molar-refractivity contribution in [3.63, 3.8) is 0 Å². The summed E-state index contributed by atoms with van der Waals surface area (Å²) in [5.41, 5.74) is 1.25. The van der Waals surface area contributed by atoms with Gasteiger partial charge < -0.3 is 4.74 Å². The zero-order valence-electron chi connectivity index (χ0n) is 6.55. The molecule has 3 heteroatoms. The first kappa shape index (κ1) is 7.90. The molecule has 0 atom stereocenters. The summed E-state index contributed by atoms with van der Waals surface area (Å²) in [6, 6.07) is 6.04. The van der Waals surface area contributed by atoms with Crippen LogP contribution >= 0.6 is 11.9 Å². The molecule has 0 fully saturated rings. The molecule has 0 spiro atoms. The first-order chi connectivity index (χ1) is 5.92. The normalized spacial score (nSPS) is 12.1. The Morgan fingerprint density at radius 3 is 3.17 bits per heavy atom. The lowest BCUT2D eigenvalue weighted by molar-refractivity contribution is 0.343. The minimum Gasteiger partial charge on any atom is -0.449 e. The maximum absolute atomic E-state index is 5.23. The summed E-state index contributed by atoms with van der Waals surface area (Å²) in [5, 5.41) is 0. The van der Waals surface area contributed by atoms with Crippen LogP contribution in [-0.2, 0) is 10.7 Å². The van der Waals surface area contributed by atoms with E-state index >= 15 is 0 Å². The van der Waals surface area contributed by atoms with Gasteiger partial charge in [0, 0.05) is 0 Å². The number of halogens is 1. The van der Waals surface area contributed by atoms with Gasteiger partial charge in [-0.05, 0) is 24.5 Å². The van der Waals surface area contributed by atoms with E-state index in [1.54, 1.807) is 0 Å². The minimum atomic E-state index is 0.589. The maximum Gasteiger partial charge on any atom is 0.173 e. The van der Waals surface area contributed by atoms with Gasteiger partial charge in [0.1, 0.15) is 0 Å². The lowest BCUT2D eigenvalue weighted by Crippen LogP contribution is -1.88. The molecule has 2 rings (SSSR count). The largest absolute Gasteiger partial charge is 0.449 e. The smallest absolute Gasteiger partial charge is 0.173 e. The highest BCUT2D eigenvalue weighted by atomic mass is 35.5. The molecule has 0 aromatic heterocycles. The van der Waals surface area contributed by atoms with E-state index in [9.17, 15) is 0 Å². The van der Waals surface area contributed by atoms with E-state index in [0.29, 0.717) is 6.61 Å². The minimum absolute atomic E-state index is 0.589. The predicted octanol–water partition coefficient (Wildman–Crippen LogP) is 2.90. The molecule has 1 aromatic carbocycles. The number of aryl methyl sites for hydroxylation is 1. The van der Waals surface area contributed by atoms with Crippen LogP contribution in [0.15, 0.2) is 18.2 Å². The average molecular weight is 185 g/mol. The SMILES string of the molecule is ClOCCCc1cccc2c1O2. The van der Waals surface area contributed by atoms with E-state index in [-0.39, 0.29) is 0 Å². The van der Waals surface area contributed by atoms with Gasteiger partial charge in [-0.1, -0.05) is 12.1 Å². The van der Waals surface area contributed by atoms with Crippen molar-refractivity contribution in [1.82, 2.24) is 0 Å². The number of fused-ring (bicyclic) bond motifs is 1.